The van der Waals surface area contributed by atoms with Crippen LogP contribution in [-0.4, -0.2) is 90.7 Å². The minimum absolute atomic E-state index is 0.0218. The van der Waals surface area contributed by atoms with Gasteiger partial charge in [-0.2, -0.15) is 0 Å². The van der Waals surface area contributed by atoms with Crippen LogP contribution in [0.1, 0.15) is 34.5 Å². The van der Waals surface area contributed by atoms with Crippen molar-refractivity contribution < 1.29 is 19.1 Å². The van der Waals surface area contributed by atoms with Crippen molar-refractivity contribution in [2.75, 3.05) is 58.4 Å². The molecular formula is C33H35ClN6O4. The Kier molecular flexibility index (Phi) is 9.17. The normalized spacial score (nSPS) is 18.5. The monoisotopic (exact) mass is 614 g/mol. The zero-order valence-electron chi connectivity index (χ0n) is 24.6. The average molecular weight is 615 g/mol. The second-order valence-corrected chi connectivity index (χ2v) is 11.3. The summed E-state index contributed by atoms with van der Waals surface area (Å²) in [6, 6.07) is 7.11. The Morgan fingerprint density at radius 1 is 1.27 bits per heavy atom. The van der Waals surface area contributed by atoms with E-state index in [2.05, 4.69) is 37.3 Å². The van der Waals surface area contributed by atoms with Crippen molar-refractivity contribution >= 4 is 34.8 Å². The van der Waals surface area contributed by atoms with Gasteiger partial charge >= 0.3 is 0 Å². The fraction of sp³-hybridized carbons (Fsp3) is 0.364. The number of para-hydroxylation sites is 1. The number of pyridine rings is 1. The van der Waals surface area contributed by atoms with E-state index in [-0.39, 0.29) is 17.9 Å². The molecule has 6 rings (SSSR count). The number of anilines is 2. The number of halogens is 1. The maximum Gasteiger partial charge on any atom is 0.255 e. The number of amides is 2. The molecule has 0 unspecified atom stereocenters. The molecule has 3 aromatic rings. The topological polar surface area (TPSA) is 112 Å². The molecule has 10 nitrogen and oxygen atoms in total. The molecule has 228 valence electrons. The standard InChI is InChI=1S/C33H35ClN6O4/c1-43-32-25(34)6-2-7-27(32)38-31-29-26(12-14-36-33(29)42)37-30(31)24-11-13-35-21-22(24)9-10-23-5-3-16-40(23)28(41)8-4-15-39-17-19-44-20-18-39/h2,4,6-8,11,13,21,23,37-38H,3,5,12,14-20H2,1H3,(H,36,42)/b8-4+/t23-/m1/s1. The second-order valence-electron chi connectivity index (χ2n) is 10.9. The molecule has 3 aliphatic heterocycles. The first-order chi connectivity index (χ1) is 21.5. The lowest BCUT2D eigenvalue weighted by molar-refractivity contribution is -0.125. The summed E-state index contributed by atoms with van der Waals surface area (Å²) in [4.78, 5) is 38.1. The molecule has 3 aliphatic rings. The van der Waals surface area contributed by atoms with Gasteiger partial charge in [0.15, 0.2) is 5.75 Å². The number of likely N-dealkylation sites (tertiary alicyclic amines) is 1. The number of nitrogens with zero attached hydrogens (tertiary/aromatic N) is 3. The quantitative estimate of drug-likeness (QED) is 0.272. The van der Waals surface area contributed by atoms with Crippen molar-refractivity contribution in [2.45, 2.75) is 25.3 Å². The number of aromatic nitrogens is 2. The highest BCUT2D eigenvalue weighted by atomic mass is 35.5. The van der Waals surface area contributed by atoms with Gasteiger partial charge in [-0.15, -0.1) is 0 Å². The van der Waals surface area contributed by atoms with Gasteiger partial charge in [-0.3, -0.25) is 19.5 Å². The van der Waals surface area contributed by atoms with Crippen LogP contribution < -0.4 is 15.4 Å². The van der Waals surface area contributed by atoms with Crippen molar-refractivity contribution in [3.63, 3.8) is 0 Å². The van der Waals surface area contributed by atoms with Crippen molar-refractivity contribution in [3.05, 3.63) is 70.7 Å². The van der Waals surface area contributed by atoms with E-state index in [9.17, 15) is 9.59 Å². The molecular weight excluding hydrogens is 580 g/mol. The van der Waals surface area contributed by atoms with Crippen molar-refractivity contribution in [1.82, 2.24) is 25.1 Å². The highest BCUT2D eigenvalue weighted by molar-refractivity contribution is 6.32. The first kappa shape index (κ1) is 29.8. The third-order valence-electron chi connectivity index (χ3n) is 8.12. The van der Waals surface area contributed by atoms with E-state index >= 15 is 0 Å². The molecule has 1 atom stereocenters. The minimum Gasteiger partial charge on any atom is -0.493 e. The van der Waals surface area contributed by atoms with Gasteiger partial charge in [-0.05, 0) is 31.0 Å². The zero-order chi connectivity index (χ0) is 30.5. The van der Waals surface area contributed by atoms with E-state index in [0.717, 1.165) is 56.9 Å². The van der Waals surface area contributed by atoms with Gasteiger partial charge in [-0.1, -0.05) is 35.6 Å². The van der Waals surface area contributed by atoms with Gasteiger partial charge < -0.3 is 30.0 Å². The van der Waals surface area contributed by atoms with E-state index in [0.29, 0.717) is 58.5 Å². The molecule has 2 fully saturated rings. The maximum absolute atomic E-state index is 13.1. The van der Waals surface area contributed by atoms with Crippen LogP contribution >= 0.6 is 11.6 Å². The van der Waals surface area contributed by atoms with Gasteiger partial charge in [0, 0.05) is 68.9 Å². The van der Waals surface area contributed by atoms with Crippen LogP contribution in [-0.2, 0) is 16.0 Å². The third-order valence-corrected chi connectivity index (χ3v) is 8.42. The lowest BCUT2D eigenvalue weighted by Gasteiger charge is -2.25. The number of hydrogen-bond acceptors (Lipinski definition) is 7. The number of benzene rings is 1. The Morgan fingerprint density at radius 2 is 2.14 bits per heavy atom. The fourth-order valence-corrected chi connectivity index (χ4v) is 6.14. The molecule has 11 heteroatoms. The molecule has 0 bridgehead atoms. The number of methoxy groups -OCH3 is 1. The predicted molar refractivity (Wildman–Crippen MR) is 169 cm³/mol. The number of rotatable bonds is 7. The van der Waals surface area contributed by atoms with Crippen molar-refractivity contribution in [2.24, 2.45) is 0 Å². The Labute approximate surface area is 261 Å². The number of aromatic amines is 1. The molecule has 2 aromatic heterocycles. The average Bonchev–Trinajstić information content (AvgIpc) is 3.66. The lowest BCUT2D eigenvalue weighted by Crippen LogP contribution is -2.36. The maximum atomic E-state index is 13.1. The number of carbonyl (C=O) groups excluding carboxylic acids is 2. The number of hydrogen-bond donors (Lipinski definition) is 3. The van der Waals surface area contributed by atoms with Crippen LogP contribution in [0.15, 0.2) is 48.8 Å². The number of carbonyl (C=O) groups is 2. The van der Waals surface area contributed by atoms with Crippen molar-refractivity contribution in [3.8, 4) is 28.8 Å². The van der Waals surface area contributed by atoms with Crippen molar-refractivity contribution in [1.29, 1.82) is 0 Å². The number of fused-ring (bicyclic) bond motifs is 1. The molecule has 0 radical (unpaired) electrons. The summed E-state index contributed by atoms with van der Waals surface area (Å²) in [7, 11) is 1.56. The highest BCUT2D eigenvalue weighted by Gasteiger charge is 2.29. The highest BCUT2D eigenvalue weighted by Crippen LogP contribution is 2.41. The van der Waals surface area contributed by atoms with E-state index in [1.54, 1.807) is 31.6 Å². The summed E-state index contributed by atoms with van der Waals surface area (Å²) in [6.07, 6.45) is 9.39. The van der Waals surface area contributed by atoms with Crippen LogP contribution in [0.3, 0.4) is 0 Å². The van der Waals surface area contributed by atoms with E-state index in [4.69, 9.17) is 21.1 Å². The molecule has 0 spiro atoms. The Morgan fingerprint density at radius 3 is 2.98 bits per heavy atom. The first-order valence-electron chi connectivity index (χ1n) is 14.9. The van der Waals surface area contributed by atoms with Gasteiger partial charge in [0.1, 0.15) is 0 Å². The molecule has 1 aromatic carbocycles. The smallest absolute Gasteiger partial charge is 0.255 e. The van der Waals surface area contributed by atoms with Crippen LogP contribution in [0.4, 0.5) is 11.4 Å². The Hall–Kier alpha value is -4.30. The van der Waals surface area contributed by atoms with Crippen LogP contribution in [0.5, 0.6) is 5.75 Å². The summed E-state index contributed by atoms with van der Waals surface area (Å²) >= 11 is 6.41. The van der Waals surface area contributed by atoms with Gasteiger partial charge in [0.25, 0.3) is 5.91 Å². The van der Waals surface area contributed by atoms with E-state index < -0.39 is 0 Å². The molecule has 44 heavy (non-hydrogen) atoms. The summed E-state index contributed by atoms with van der Waals surface area (Å²) in [5.41, 5.74) is 4.81. The molecule has 5 heterocycles. The summed E-state index contributed by atoms with van der Waals surface area (Å²) in [6.45, 7) is 5.16. The van der Waals surface area contributed by atoms with Crippen LogP contribution in [0.2, 0.25) is 5.02 Å². The number of H-pyrrole nitrogens is 1. The molecule has 2 amide bonds. The fourth-order valence-electron chi connectivity index (χ4n) is 5.89. The van der Waals surface area contributed by atoms with Gasteiger partial charge in [0.2, 0.25) is 5.91 Å². The van der Waals surface area contributed by atoms with Crippen LogP contribution in [0, 0.1) is 11.8 Å². The zero-order valence-corrected chi connectivity index (χ0v) is 25.4. The summed E-state index contributed by atoms with van der Waals surface area (Å²) < 4.78 is 11.0. The first-order valence-corrected chi connectivity index (χ1v) is 15.3. The number of morpholine rings is 1. The Bertz CT molecular complexity index is 1630. The lowest BCUT2D eigenvalue weighted by atomic mass is 10.0. The molecule has 3 N–H and O–H groups in total. The molecule has 2 saturated heterocycles. The largest absolute Gasteiger partial charge is 0.493 e. The summed E-state index contributed by atoms with van der Waals surface area (Å²) in [5, 5.41) is 6.82. The van der Waals surface area contributed by atoms with E-state index in [1.165, 1.54) is 0 Å². The number of nitrogens with one attached hydrogen (secondary N) is 3. The van der Waals surface area contributed by atoms with E-state index in [1.807, 2.05) is 29.2 Å². The molecule has 0 saturated carbocycles. The van der Waals surface area contributed by atoms with Crippen LogP contribution in [0.25, 0.3) is 11.3 Å². The van der Waals surface area contributed by atoms with Gasteiger partial charge in [0.05, 0.1) is 59.6 Å². The predicted octanol–water partition coefficient (Wildman–Crippen LogP) is 4.00. The Balaban J connectivity index is 1.29. The SMILES string of the molecule is COc1c(Cl)cccc1Nc1c(-c2ccncc2C#C[C@H]2CCCN2C(=O)/C=C/CN2CCOCC2)[nH]c2c1C(=O)NCC2. The van der Waals surface area contributed by atoms with Gasteiger partial charge in [-0.25, -0.2) is 0 Å². The third kappa shape index (κ3) is 6.31. The minimum atomic E-state index is -0.195. The second kappa shape index (κ2) is 13.6. The summed E-state index contributed by atoms with van der Waals surface area (Å²) in [5.74, 6) is 6.95. The number of ether oxygens (including phenoxy) is 2. The molecule has 0 aliphatic carbocycles.